The normalized spacial score (nSPS) is 10.8. The Hall–Kier alpha value is -1.61. The van der Waals surface area contributed by atoms with Crippen molar-refractivity contribution in [3.05, 3.63) is 52.7 Å². The molecule has 0 saturated carbocycles. The van der Waals surface area contributed by atoms with Crippen molar-refractivity contribution in [2.45, 2.75) is 33.9 Å². The molecule has 0 unspecified atom stereocenters. The van der Waals surface area contributed by atoms with Crippen molar-refractivity contribution < 1.29 is 4.42 Å². The number of rotatable bonds is 4. The fourth-order valence-electron chi connectivity index (χ4n) is 1.91. The largest absolute Gasteiger partial charge is 0.445 e. The van der Waals surface area contributed by atoms with Crippen molar-refractivity contribution in [1.29, 1.82) is 0 Å². The molecule has 3 nitrogen and oxygen atoms in total. The highest BCUT2D eigenvalue weighted by Crippen LogP contribution is 2.13. The second-order valence-corrected chi connectivity index (χ2v) is 4.34. The lowest BCUT2D eigenvalue weighted by molar-refractivity contribution is 0.449. The van der Waals surface area contributed by atoms with E-state index >= 15 is 0 Å². The molecule has 0 amide bonds. The van der Waals surface area contributed by atoms with Crippen LogP contribution in [0.5, 0.6) is 0 Å². The number of aryl methyl sites for hydroxylation is 3. The van der Waals surface area contributed by atoms with Crippen LogP contribution in [0.15, 0.2) is 28.8 Å². The van der Waals surface area contributed by atoms with Crippen LogP contribution in [-0.4, -0.2) is 4.98 Å². The van der Waals surface area contributed by atoms with Crippen LogP contribution in [0, 0.1) is 20.8 Å². The van der Waals surface area contributed by atoms with Gasteiger partial charge in [-0.2, -0.15) is 0 Å². The molecular weight excluding hydrogens is 212 g/mol. The second-order valence-electron chi connectivity index (χ2n) is 4.34. The zero-order chi connectivity index (χ0) is 12.3. The first kappa shape index (κ1) is 11.9. The van der Waals surface area contributed by atoms with Crippen LogP contribution in [-0.2, 0) is 13.1 Å². The predicted molar refractivity (Wildman–Crippen MR) is 67.7 cm³/mol. The lowest BCUT2D eigenvalue weighted by Crippen LogP contribution is -2.14. The zero-order valence-corrected chi connectivity index (χ0v) is 10.6. The molecule has 2 aromatic rings. The van der Waals surface area contributed by atoms with Crippen molar-refractivity contribution in [2.75, 3.05) is 0 Å². The number of nitrogens with one attached hydrogen (secondary N) is 1. The molecule has 0 radical (unpaired) electrons. The van der Waals surface area contributed by atoms with Gasteiger partial charge in [0.2, 0.25) is 5.89 Å². The van der Waals surface area contributed by atoms with Gasteiger partial charge in [0, 0.05) is 6.54 Å². The molecule has 1 aromatic carbocycles. The molecule has 0 bridgehead atoms. The maximum absolute atomic E-state index is 5.41. The minimum absolute atomic E-state index is 0.668. The van der Waals surface area contributed by atoms with Gasteiger partial charge in [0.15, 0.2) is 0 Å². The van der Waals surface area contributed by atoms with E-state index in [9.17, 15) is 0 Å². The molecule has 1 heterocycles. The average Bonchev–Trinajstić information content (AvgIpc) is 2.69. The van der Waals surface area contributed by atoms with E-state index in [1.54, 1.807) is 6.20 Å². The molecule has 0 atom stereocenters. The quantitative estimate of drug-likeness (QED) is 0.877. The van der Waals surface area contributed by atoms with E-state index in [0.29, 0.717) is 6.54 Å². The minimum Gasteiger partial charge on any atom is -0.445 e. The Morgan fingerprint density at radius 3 is 2.41 bits per heavy atom. The van der Waals surface area contributed by atoms with Crippen LogP contribution in [0.2, 0.25) is 0 Å². The fourth-order valence-corrected chi connectivity index (χ4v) is 1.91. The number of nitrogens with zero attached hydrogens (tertiary/aromatic N) is 1. The number of hydrogen-bond donors (Lipinski definition) is 1. The minimum atomic E-state index is 0.668. The maximum Gasteiger partial charge on any atom is 0.208 e. The molecule has 0 aliphatic rings. The Kier molecular flexibility index (Phi) is 3.59. The van der Waals surface area contributed by atoms with E-state index in [-0.39, 0.29) is 0 Å². The summed E-state index contributed by atoms with van der Waals surface area (Å²) in [6.45, 7) is 7.70. The summed E-state index contributed by atoms with van der Waals surface area (Å²) in [4.78, 5) is 4.16. The van der Waals surface area contributed by atoms with Crippen molar-refractivity contribution in [3.63, 3.8) is 0 Å². The van der Waals surface area contributed by atoms with E-state index in [1.807, 2.05) is 6.92 Å². The Morgan fingerprint density at radius 2 is 1.82 bits per heavy atom. The van der Waals surface area contributed by atoms with E-state index in [1.165, 1.54) is 16.7 Å². The summed E-state index contributed by atoms with van der Waals surface area (Å²) in [5.74, 6) is 1.60. The molecule has 0 aliphatic heterocycles. The summed E-state index contributed by atoms with van der Waals surface area (Å²) in [5, 5.41) is 3.36. The van der Waals surface area contributed by atoms with Crippen molar-refractivity contribution in [2.24, 2.45) is 0 Å². The van der Waals surface area contributed by atoms with E-state index in [4.69, 9.17) is 4.42 Å². The Balaban J connectivity index is 1.94. The maximum atomic E-state index is 5.41. The van der Waals surface area contributed by atoms with Crippen LogP contribution >= 0.6 is 0 Å². The van der Waals surface area contributed by atoms with Crippen molar-refractivity contribution >= 4 is 0 Å². The van der Waals surface area contributed by atoms with Gasteiger partial charge in [0.25, 0.3) is 0 Å². The van der Waals surface area contributed by atoms with Gasteiger partial charge in [0.05, 0.1) is 12.7 Å². The third-order valence-electron chi connectivity index (χ3n) is 2.89. The molecule has 2 rings (SSSR count). The van der Waals surface area contributed by atoms with Gasteiger partial charge < -0.3 is 9.73 Å². The second kappa shape index (κ2) is 5.15. The average molecular weight is 230 g/mol. The SMILES string of the molecule is Cc1cnc(CNCc2c(C)cccc2C)o1. The molecule has 17 heavy (non-hydrogen) atoms. The Labute approximate surface area is 102 Å². The van der Waals surface area contributed by atoms with Crippen molar-refractivity contribution in [1.82, 2.24) is 10.3 Å². The first-order chi connectivity index (χ1) is 8.16. The van der Waals surface area contributed by atoms with Crippen LogP contribution in [0.25, 0.3) is 0 Å². The van der Waals surface area contributed by atoms with Crippen LogP contribution < -0.4 is 5.32 Å². The van der Waals surface area contributed by atoms with Gasteiger partial charge in [0.1, 0.15) is 5.76 Å². The number of oxazole rings is 1. The monoisotopic (exact) mass is 230 g/mol. The van der Waals surface area contributed by atoms with E-state index in [2.05, 4.69) is 42.3 Å². The number of aromatic nitrogens is 1. The number of hydrogen-bond acceptors (Lipinski definition) is 3. The summed E-state index contributed by atoms with van der Waals surface area (Å²) in [6.07, 6.45) is 1.75. The zero-order valence-electron chi connectivity index (χ0n) is 10.6. The van der Waals surface area contributed by atoms with Crippen LogP contribution in [0.1, 0.15) is 28.3 Å². The summed E-state index contributed by atoms with van der Waals surface area (Å²) in [7, 11) is 0. The molecule has 0 spiro atoms. The van der Waals surface area contributed by atoms with Crippen LogP contribution in [0.3, 0.4) is 0 Å². The molecule has 90 valence electrons. The third-order valence-corrected chi connectivity index (χ3v) is 2.89. The van der Waals surface area contributed by atoms with Crippen LogP contribution in [0.4, 0.5) is 0 Å². The van der Waals surface area contributed by atoms with Crippen molar-refractivity contribution in [3.8, 4) is 0 Å². The van der Waals surface area contributed by atoms with Gasteiger partial charge in [-0.1, -0.05) is 18.2 Å². The first-order valence-electron chi connectivity index (χ1n) is 5.84. The molecule has 0 saturated heterocycles. The summed E-state index contributed by atoms with van der Waals surface area (Å²) >= 11 is 0. The molecule has 1 aromatic heterocycles. The van der Waals surface area contributed by atoms with Gasteiger partial charge in [-0.3, -0.25) is 0 Å². The number of benzene rings is 1. The topological polar surface area (TPSA) is 38.1 Å². The molecular formula is C14H18N2O. The third kappa shape index (κ3) is 2.94. The highest BCUT2D eigenvalue weighted by atomic mass is 16.4. The highest BCUT2D eigenvalue weighted by molar-refractivity contribution is 5.33. The van der Waals surface area contributed by atoms with Gasteiger partial charge in [-0.15, -0.1) is 0 Å². The molecule has 1 N–H and O–H groups in total. The Morgan fingerprint density at radius 1 is 1.12 bits per heavy atom. The van der Waals surface area contributed by atoms with Gasteiger partial charge in [-0.25, -0.2) is 4.98 Å². The Bertz CT molecular complexity index is 482. The fraction of sp³-hybridized carbons (Fsp3) is 0.357. The summed E-state index contributed by atoms with van der Waals surface area (Å²) < 4.78 is 5.41. The van der Waals surface area contributed by atoms with E-state index < -0.39 is 0 Å². The first-order valence-corrected chi connectivity index (χ1v) is 5.84. The lowest BCUT2D eigenvalue weighted by Gasteiger charge is -2.09. The van der Waals surface area contributed by atoms with E-state index in [0.717, 1.165) is 18.2 Å². The summed E-state index contributed by atoms with van der Waals surface area (Å²) in [6, 6.07) is 6.37. The highest BCUT2D eigenvalue weighted by Gasteiger charge is 2.03. The lowest BCUT2D eigenvalue weighted by atomic mass is 10.0. The van der Waals surface area contributed by atoms with Gasteiger partial charge in [-0.05, 0) is 37.5 Å². The standard InChI is InChI=1S/C14H18N2O/c1-10-5-4-6-11(2)13(10)8-15-9-14-16-7-12(3)17-14/h4-7,15H,8-9H2,1-3H3. The summed E-state index contributed by atoms with van der Waals surface area (Å²) in [5.41, 5.74) is 4.00. The molecule has 0 aliphatic carbocycles. The molecule has 3 heteroatoms. The smallest absolute Gasteiger partial charge is 0.208 e. The predicted octanol–water partition coefficient (Wildman–Crippen LogP) is 2.89. The molecule has 0 fully saturated rings. The van der Waals surface area contributed by atoms with Gasteiger partial charge >= 0.3 is 0 Å².